The predicted octanol–water partition coefficient (Wildman–Crippen LogP) is 2.37. The normalized spacial score (nSPS) is 10.4. The minimum Gasteiger partial charge on any atom is -0.282 e. The van der Waals surface area contributed by atoms with Gasteiger partial charge in [0.2, 0.25) is 0 Å². The second-order valence-corrected chi connectivity index (χ2v) is 10.1. The summed E-state index contributed by atoms with van der Waals surface area (Å²) in [4.78, 5) is 0. The molecule has 62 valence electrons. The van der Waals surface area contributed by atoms with E-state index in [4.69, 9.17) is 12.8 Å². The van der Waals surface area contributed by atoms with Gasteiger partial charge in [0, 0.05) is 0 Å². The maximum atomic E-state index is 11.4. The van der Waals surface area contributed by atoms with Gasteiger partial charge in [-0.2, -0.15) is 0 Å². The average molecular weight is 194 g/mol. The Bertz CT molecular complexity index is 333. The summed E-state index contributed by atoms with van der Waals surface area (Å²) in [5, 5.41) is 0. The van der Waals surface area contributed by atoms with Crippen molar-refractivity contribution in [3.8, 4) is 35.4 Å². The molecule has 0 unspecified atom stereocenters. The zero-order valence-electron chi connectivity index (χ0n) is 7.51. The lowest BCUT2D eigenvalue weighted by Crippen LogP contribution is -2.16. The molecule has 0 rings (SSSR count). The molecule has 0 atom stereocenters. The summed E-state index contributed by atoms with van der Waals surface area (Å²) in [6.45, 7) is 6.12. The van der Waals surface area contributed by atoms with Crippen molar-refractivity contribution in [1.29, 1.82) is 0 Å². The maximum absolute atomic E-state index is 11.4. The zero-order chi connectivity index (χ0) is 9.83. The van der Waals surface area contributed by atoms with Crippen LogP contribution in [0.4, 0.5) is 0 Å². The van der Waals surface area contributed by atoms with Crippen molar-refractivity contribution in [1.82, 2.24) is 0 Å². The van der Waals surface area contributed by atoms with Crippen molar-refractivity contribution in [2.75, 3.05) is 0 Å². The molecule has 0 aromatic heterocycles. The Kier molecular flexibility index (Phi) is 3.42. The van der Waals surface area contributed by atoms with Gasteiger partial charge in [-0.1, -0.05) is 19.6 Å². The highest BCUT2D eigenvalue weighted by molar-refractivity contribution is 7.78. The van der Waals surface area contributed by atoms with Gasteiger partial charge in [0.1, 0.15) is 8.07 Å². The topological polar surface area (TPSA) is 17.1 Å². The van der Waals surface area contributed by atoms with Crippen molar-refractivity contribution < 1.29 is 4.57 Å². The summed E-state index contributed by atoms with van der Waals surface area (Å²) in [5.41, 5.74) is 9.57. The molecule has 0 aromatic rings. The van der Waals surface area contributed by atoms with Crippen LogP contribution in [0.2, 0.25) is 19.6 Å². The van der Waals surface area contributed by atoms with Gasteiger partial charge >= 0.3 is 0 Å². The molecule has 3 heteroatoms. The minimum atomic E-state index is -3.05. The lowest BCUT2D eigenvalue weighted by Gasteiger charge is -2.03. The molecule has 0 aliphatic carbocycles. The SMILES string of the molecule is C#CP(=O)(C#C)C#C[Si](C)(C)C. The number of rotatable bonds is 0. The Morgan fingerprint density at radius 3 is 1.83 bits per heavy atom. The third kappa shape index (κ3) is 4.10. The first-order valence-corrected chi connectivity index (χ1v) is 8.64. The predicted molar refractivity (Wildman–Crippen MR) is 56.4 cm³/mol. The minimum absolute atomic E-state index is 1.52. The van der Waals surface area contributed by atoms with Gasteiger partial charge in [0.05, 0.1) is 0 Å². The first-order valence-electron chi connectivity index (χ1n) is 3.43. The smallest absolute Gasteiger partial charge is 0.282 e. The van der Waals surface area contributed by atoms with E-state index in [1.807, 2.05) is 19.6 Å². The van der Waals surface area contributed by atoms with E-state index in [0.29, 0.717) is 0 Å². The summed E-state index contributed by atoms with van der Waals surface area (Å²) in [7, 11) is -4.57. The van der Waals surface area contributed by atoms with E-state index in [1.54, 1.807) is 0 Å². The number of hydrogen-bond donors (Lipinski definition) is 0. The maximum Gasteiger partial charge on any atom is 0.289 e. The quantitative estimate of drug-likeness (QED) is 0.329. The lowest BCUT2D eigenvalue weighted by atomic mass is 11.3. The standard InChI is InChI=1S/C9H11OPSi/c1-6-11(10,7-2)8-9-12(3,4)5/h1-2H,3-5H3. The fourth-order valence-electron chi connectivity index (χ4n) is 0.348. The van der Waals surface area contributed by atoms with Crippen LogP contribution in [-0.4, -0.2) is 8.07 Å². The van der Waals surface area contributed by atoms with Crippen molar-refractivity contribution in [3.05, 3.63) is 0 Å². The highest BCUT2D eigenvalue weighted by atomic mass is 31.2. The molecule has 12 heavy (non-hydrogen) atoms. The van der Waals surface area contributed by atoms with E-state index in [2.05, 4.69) is 22.5 Å². The van der Waals surface area contributed by atoms with E-state index in [-0.39, 0.29) is 0 Å². The molecule has 0 bridgehead atoms. The molecule has 0 aliphatic rings. The first-order chi connectivity index (χ1) is 5.33. The van der Waals surface area contributed by atoms with Gasteiger partial charge in [-0.05, 0) is 17.0 Å². The van der Waals surface area contributed by atoms with Gasteiger partial charge in [-0.15, -0.1) is 18.4 Å². The van der Waals surface area contributed by atoms with Crippen LogP contribution in [0, 0.1) is 35.4 Å². The molecule has 0 fully saturated rings. The molecule has 0 heterocycles. The first kappa shape index (κ1) is 11.1. The summed E-state index contributed by atoms with van der Waals surface area (Å²) < 4.78 is 11.4. The van der Waals surface area contributed by atoms with Crippen LogP contribution in [0.5, 0.6) is 0 Å². The summed E-state index contributed by atoms with van der Waals surface area (Å²) in [6, 6.07) is 0. The highest BCUT2D eigenvalue weighted by Crippen LogP contribution is 2.40. The average Bonchev–Trinajstić information content (AvgIpc) is 1.99. The molecule has 0 aromatic carbocycles. The number of terminal acetylenes is 2. The monoisotopic (exact) mass is 194 g/mol. The Morgan fingerprint density at radius 2 is 1.58 bits per heavy atom. The van der Waals surface area contributed by atoms with Crippen LogP contribution in [0.3, 0.4) is 0 Å². The summed E-state index contributed by atoms with van der Waals surface area (Å²) in [5.74, 6) is 0. The molecule has 1 nitrogen and oxygen atoms in total. The highest BCUT2D eigenvalue weighted by Gasteiger charge is 2.13. The van der Waals surface area contributed by atoms with Crippen molar-refractivity contribution >= 4 is 15.2 Å². The molecular weight excluding hydrogens is 183 g/mol. The van der Waals surface area contributed by atoms with Gasteiger partial charge in [-0.25, -0.2) is 0 Å². The zero-order valence-corrected chi connectivity index (χ0v) is 9.40. The molecule has 0 aliphatic heterocycles. The third-order valence-electron chi connectivity index (χ3n) is 0.952. The second-order valence-electron chi connectivity index (χ2n) is 3.35. The van der Waals surface area contributed by atoms with Gasteiger partial charge in [0.15, 0.2) is 0 Å². The lowest BCUT2D eigenvalue weighted by molar-refractivity contribution is 0.594. The number of hydrogen-bond acceptors (Lipinski definition) is 1. The third-order valence-corrected chi connectivity index (χ3v) is 3.19. The Labute approximate surface area is 75.3 Å². The molecule has 0 saturated heterocycles. The molecule has 0 saturated carbocycles. The van der Waals surface area contributed by atoms with E-state index >= 15 is 0 Å². The second kappa shape index (κ2) is 3.69. The molecule has 0 spiro atoms. The van der Waals surface area contributed by atoms with Crippen LogP contribution < -0.4 is 0 Å². The fraction of sp³-hybridized carbons (Fsp3) is 0.333. The van der Waals surface area contributed by atoms with Gasteiger partial charge < -0.3 is 0 Å². The van der Waals surface area contributed by atoms with Gasteiger partial charge in [-0.3, -0.25) is 4.57 Å². The Hall–Kier alpha value is -0.873. The van der Waals surface area contributed by atoms with E-state index in [9.17, 15) is 4.57 Å². The van der Waals surface area contributed by atoms with Crippen molar-refractivity contribution in [3.63, 3.8) is 0 Å². The van der Waals surface area contributed by atoms with Gasteiger partial charge in [0.25, 0.3) is 7.14 Å². The fourth-order valence-corrected chi connectivity index (χ4v) is 2.52. The van der Waals surface area contributed by atoms with Crippen LogP contribution in [0.1, 0.15) is 0 Å². The van der Waals surface area contributed by atoms with E-state index in [0.717, 1.165) is 0 Å². The van der Waals surface area contributed by atoms with E-state index < -0.39 is 15.2 Å². The summed E-state index contributed by atoms with van der Waals surface area (Å²) in [6.07, 6.45) is 10.0. The molecule has 0 N–H and O–H groups in total. The van der Waals surface area contributed by atoms with Crippen LogP contribution in [0.25, 0.3) is 0 Å². The van der Waals surface area contributed by atoms with Crippen LogP contribution in [-0.2, 0) is 4.57 Å². The molecular formula is C9H11OPSi. The Morgan fingerprint density at radius 1 is 1.17 bits per heavy atom. The molecule has 0 radical (unpaired) electrons. The largest absolute Gasteiger partial charge is 0.289 e. The summed E-state index contributed by atoms with van der Waals surface area (Å²) >= 11 is 0. The molecule has 0 amide bonds. The van der Waals surface area contributed by atoms with Crippen LogP contribution >= 0.6 is 7.14 Å². The Balaban J connectivity index is 4.91. The van der Waals surface area contributed by atoms with Crippen LogP contribution in [0.15, 0.2) is 0 Å². The van der Waals surface area contributed by atoms with Crippen molar-refractivity contribution in [2.45, 2.75) is 19.6 Å². The van der Waals surface area contributed by atoms with E-state index in [1.165, 1.54) is 0 Å². The van der Waals surface area contributed by atoms with Crippen molar-refractivity contribution in [2.24, 2.45) is 0 Å².